The Morgan fingerprint density at radius 2 is 1.81 bits per heavy atom. The van der Waals surface area contributed by atoms with E-state index in [0.29, 0.717) is 5.56 Å². The lowest BCUT2D eigenvalue weighted by molar-refractivity contribution is 0.0254. The molecule has 11 heteroatoms. The zero-order valence-corrected chi connectivity index (χ0v) is 16.4. The zero-order valence-electron chi connectivity index (χ0n) is 14.8. The lowest BCUT2D eigenvalue weighted by Crippen LogP contribution is -2.49. The van der Waals surface area contributed by atoms with Gasteiger partial charge >= 0.3 is 16.5 Å². The van der Waals surface area contributed by atoms with Gasteiger partial charge in [-0.15, -0.1) is 0 Å². The summed E-state index contributed by atoms with van der Waals surface area (Å²) >= 11 is 0. The Hall–Kier alpha value is -1.69. The average Bonchev–Trinajstić information content (AvgIpc) is 2.46. The summed E-state index contributed by atoms with van der Waals surface area (Å²) in [6.07, 6.45) is -0.786. The topological polar surface area (TPSA) is 125 Å². The molecule has 1 amide bonds. The van der Waals surface area contributed by atoms with E-state index < -0.39 is 44.1 Å². The normalized spacial score (nSPS) is 23.2. The Kier molecular flexibility index (Phi) is 5.66. The number of alkyl carbamates (subject to hydrolysis) is 1. The van der Waals surface area contributed by atoms with E-state index in [1.165, 1.54) is 24.3 Å². The second-order valence-electron chi connectivity index (χ2n) is 6.80. The molecule has 0 radical (unpaired) electrons. The maximum atomic E-state index is 12.0. The molecule has 1 fully saturated rings. The minimum atomic E-state index is -4.23. The molecule has 1 aliphatic heterocycles. The van der Waals surface area contributed by atoms with Crippen LogP contribution in [0.4, 0.5) is 4.79 Å². The molecule has 1 aliphatic rings. The molecule has 26 heavy (non-hydrogen) atoms. The standard InChI is InChI=1S/C15H21NO8S2/c1-15(2,3)23-14(17)16-12-9-22-26(20,21)24-13(12)10-5-7-11(8-6-10)25(4,18)19/h5-8,12-13H,9H2,1-4H3,(H,16,17)/t12-,13-/m1/s1. The van der Waals surface area contributed by atoms with E-state index in [1.54, 1.807) is 20.8 Å². The maximum absolute atomic E-state index is 12.0. The van der Waals surface area contributed by atoms with E-state index >= 15 is 0 Å². The summed E-state index contributed by atoms with van der Waals surface area (Å²) in [5.41, 5.74) is -0.371. The molecule has 0 spiro atoms. The predicted molar refractivity (Wildman–Crippen MR) is 91.4 cm³/mol. The highest BCUT2D eigenvalue weighted by Crippen LogP contribution is 2.29. The number of nitrogens with one attached hydrogen (secondary N) is 1. The quantitative estimate of drug-likeness (QED) is 0.795. The van der Waals surface area contributed by atoms with E-state index in [4.69, 9.17) is 8.92 Å². The number of carbonyl (C=O) groups is 1. The fourth-order valence-electron chi connectivity index (χ4n) is 2.23. The minimum Gasteiger partial charge on any atom is -0.444 e. The first-order chi connectivity index (χ1) is 11.8. The Balaban J connectivity index is 2.26. The monoisotopic (exact) mass is 407 g/mol. The first-order valence-corrected chi connectivity index (χ1v) is 10.9. The van der Waals surface area contributed by atoms with E-state index in [1.807, 2.05) is 0 Å². The van der Waals surface area contributed by atoms with Gasteiger partial charge in [-0.25, -0.2) is 21.6 Å². The minimum absolute atomic E-state index is 0.0767. The van der Waals surface area contributed by atoms with Gasteiger partial charge in [0.15, 0.2) is 9.84 Å². The molecular weight excluding hydrogens is 386 g/mol. The molecule has 1 aromatic carbocycles. The van der Waals surface area contributed by atoms with Gasteiger partial charge < -0.3 is 10.1 Å². The molecule has 9 nitrogen and oxygen atoms in total. The van der Waals surface area contributed by atoms with Gasteiger partial charge in [-0.1, -0.05) is 12.1 Å². The van der Waals surface area contributed by atoms with Crippen LogP contribution in [0.25, 0.3) is 0 Å². The number of benzene rings is 1. The summed E-state index contributed by atoms with van der Waals surface area (Å²) in [7, 11) is -7.63. The van der Waals surface area contributed by atoms with E-state index in [9.17, 15) is 21.6 Å². The molecule has 0 aliphatic carbocycles. The largest absolute Gasteiger partial charge is 0.444 e. The molecule has 1 saturated heterocycles. The first kappa shape index (κ1) is 20.6. The van der Waals surface area contributed by atoms with Crippen molar-refractivity contribution in [1.29, 1.82) is 0 Å². The highest BCUT2D eigenvalue weighted by Gasteiger charge is 2.38. The van der Waals surface area contributed by atoms with Crippen molar-refractivity contribution < 1.29 is 34.7 Å². The summed E-state index contributed by atoms with van der Waals surface area (Å²) < 4.78 is 61.1. The highest BCUT2D eigenvalue weighted by atomic mass is 32.3. The van der Waals surface area contributed by atoms with Gasteiger partial charge in [-0.05, 0) is 38.5 Å². The predicted octanol–water partition coefficient (Wildman–Crippen LogP) is 1.32. The SMILES string of the molecule is CC(C)(C)OC(=O)N[C@@H]1COS(=O)(=O)O[C@@H]1c1ccc(S(C)(=O)=O)cc1. The van der Waals surface area contributed by atoms with Crippen molar-refractivity contribution in [2.24, 2.45) is 0 Å². The van der Waals surface area contributed by atoms with Crippen LogP contribution in [0.5, 0.6) is 0 Å². The fourth-order valence-corrected chi connectivity index (χ4v) is 3.73. The molecule has 1 aromatic rings. The Morgan fingerprint density at radius 1 is 1.23 bits per heavy atom. The van der Waals surface area contributed by atoms with Crippen molar-refractivity contribution in [2.45, 2.75) is 43.4 Å². The molecule has 2 atom stereocenters. The second kappa shape index (κ2) is 7.14. The third kappa shape index (κ3) is 5.66. The average molecular weight is 407 g/mol. The number of amides is 1. The number of carbonyl (C=O) groups excluding carboxylic acids is 1. The summed E-state index contributed by atoms with van der Waals surface area (Å²) in [6.45, 7) is 4.71. The van der Waals surface area contributed by atoms with Gasteiger partial charge in [0.25, 0.3) is 0 Å². The zero-order chi connectivity index (χ0) is 19.8. The number of hydrogen-bond acceptors (Lipinski definition) is 8. The van der Waals surface area contributed by atoms with Crippen LogP contribution in [0.2, 0.25) is 0 Å². The van der Waals surface area contributed by atoms with Crippen molar-refractivity contribution in [1.82, 2.24) is 5.32 Å². The van der Waals surface area contributed by atoms with Crippen LogP contribution in [0.15, 0.2) is 29.2 Å². The lowest BCUT2D eigenvalue weighted by Gasteiger charge is -2.32. The van der Waals surface area contributed by atoms with Crippen LogP contribution in [-0.4, -0.2) is 47.4 Å². The molecule has 146 valence electrons. The lowest BCUT2D eigenvalue weighted by atomic mass is 10.0. The van der Waals surface area contributed by atoms with Gasteiger partial charge in [0.05, 0.1) is 17.5 Å². The van der Waals surface area contributed by atoms with Crippen molar-refractivity contribution in [3.8, 4) is 0 Å². The van der Waals surface area contributed by atoms with Crippen molar-refractivity contribution >= 4 is 26.3 Å². The third-order valence-corrected chi connectivity index (χ3v) is 5.31. The van der Waals surface area contributed by atoms with Crippen LogP contribution in [-0.2, 0) is 33.3 Å². The smallest absolute Gasteiger partial charge is 0.408 e. The number of ether oxygens (including phenoxy) is 1. The first-order valence-electron chi connectivity index (χ1n) is 7.64. The molecule has 0 aromatic heterocycles. The number of hydrogen-bond donors (Lipinski definition) is 1. The summed E-state index contributed by atoms with van der Waals surface area (Å²) in [6, 6.07) is 4.66. The van der Waals surface area contributed by atoms with Gasteiger partial charge in [0, 0.05) is 6.26 Å². The van der Waals surface area contributed by atoms with Gasteiger partial charge in [-0.2, -0.15) is 8.42 Å². The van der Waals surface area contributed by atoms with E-state index in [-0.39, 0.29) is 11.5 Å². The highest BCUT2D eigenvalue weighted by molar-refractivity contribution is 7.90. The molecule has 0 bridgehead atoms. The van der Waals surface area contributed by atoms with Gasteiger partial charge in [0.2, 0.25) is 0 Å². The molecule has 2 rings (SSSR count). The summed E-state index contributed by atoms with van der Waals surface area (Å²) in [5.74, 6) is 0. The van der Waals surface area contributed by atoms with Crippen molar-refractivity contribution in [3.63, 3.8) is 0 Å². The van der Waals surface area contributed by atoms with Crippen LogP contribution in [0.1, 0.15) is 32.4 Å². The van der Waals surface area contributed by atoms with Crippen LogP contribution in [0, 0.1) is 0 Å². The molecule has 0 saturated carbocycles. The molecular formula is C15H21NO8S2. The van der Waals surface area contributed by atoms with E-state index in [0.717, 1.165) is 6.26 Å². The second-order valence-corrected chi connectivity index (χ2v) is 10.1. The van der Waals surface area contributed by atoms with Gasteiger partial charge in [0.1, 0.15) is 11.7 Å². The molecule has 1 N–H and O–H groups in total. The summed E-state index contributed by atoms with van der Waals surface area (Å²) in [5, 5.41) is 2.51. The van der Waals surface area contributed by atoms with Crippen molar-refractivity contribution in [3.05, 3.63) is 29.8 Å². The Bertz CT molecular complexity index is 869. The number of rotatable bonds is 3. The van der Waals surface area contributed by atoms with Crippen LogP contribution >= 0.6 is 0 Å². The fraction of sp³-hybridized carbons (Fsp3) is 0.533. The maximum Gasteiger partial charge on any atom is 0.408 e. The van der Waals surface area contributed by atoms with E-state index in [2.05, 4.69) is 9.50 Å². The Labute approximate surface area is 152 Å². The van der Waals surface area contributed by atoms with Crippen molar-refractivity contribution in [2.75, 3.05) is 12.9 Å². The van der Waals surface area contributed by atoms with Gasteiger partial charge in [-0.3, -0.25) is 0 Å². The Morgan fingerprint density at radius 3 is 2.31 bits per heavy atom. The van der Waals surface area contributed by atoms with Crippen LogP contribution in [0.3, 0.4) is 0 Å². The van der Waals surface area contributed by atoms with Crippen LogP contribution < -0.4 is 5.32 Å². The molecule has 0 unspecified atom stereocenters. The third-order valence-electron chi connectivity index (χ3n) is 3.32. The summed E-state index contributed by atoms with van der Waals surface area (Å²) in [4.78, 5) is 12.1. The number of sulfone groups is 1. The molecule has 1 heterocycles.